The fraction of sp³-hybridized carbons (Fsp3) is 0.375. The number of amides is 4. The Morgan fingerprint density at radius 3 is 1.24 bits per heavy atom. The summed E-state index contributed by atoms with van der Waals surface area (Å²) in [6.07, 6.45) is 2.99. The van der Waals surface area contributed by atoms with Crippen LogP contribution in [0.15, 0.2) is 122 Å². The molecule has 0 radical (unpaired) electrons. The summed E-state index contributed by atoms with van der Waals surface area (Å²) >= 11 is 26.1. The molecule has 0 saturated heterocycles. The number of likely N-dealkylation sites (N-methyl/N-ethyl adjacent to an activating group) is 2. The van der Waals surface area contributed by atoms with Gasteiger partial charge in [-0.3, -0.25) is 0 Å². The second-order valence-corrected chi connectivity index (χ2v) is 22.5. The third-order valence-electron chi connectivity index (χ3n) is 14.3. The summed E-state index contributed by atoms with van der Waals surface area (Å²) in [5.74, 6) is 1.12. The zero-order valence-electron chi connectivity index (χ0n) is 49.5. The van der Waals surface area contributed by atoms with Gasteiger partial charge in [-0.15, -0.1) is 12.4 Å². The molecule has 0 spiro atoms. The van der Waals surface area contributed by atoms with Gasteiger partial charge in [-0.1, -0.05) is 82.8 Å². The van der Waals surface area contributed by atoms with Crippen molar-refractivity contribution in [3.8, 4) is 34.3 Å². The lowest BCUT2D eigenvalue weighted by Gasteiger charge is -2.33. The number of fused-ring (bicyclic) bond motifs is 2. The maximum Gasteiger partial charge on any atom is 0.319 e. The number of hydrogen-bond acceptors (Lipinski definition) is 16. The minimum absolute atomic E-state index is 0. The van der Waals surface area contributed by atoms with Crippen molar-refractivity contribution in [2.75, 3.05) is 143 Å². The summed E-state index contributed by atoms with van der Waals surface area (Å²) in [7, 11) is 4.19. The van der Waals surface area contributed by atoms with Crippen LogP contribution in [0.5, 0.6) is 11.8 Å². The number of rotatable bonds is 32. The van der Waals surface area contributed by atoms with Gasteiger partial charge in [0, 0.05) is 106 Å². The minimum atomic E-state index is -0.389. The summed E-state index contributed by atoms with van der Waals surface area (Å²) < 4.78 is 45.5. The Hall–Kier alpha value is -6.47. The smallest absolute Gasteiger partial charge is 0.319 e. The molecule has 25 heteroatoms. The molecule has 2 atom stereocenters. The number of ether oxygens (including phenoxy) is 8. The van der Waals surface area contributed by atoms with Gasteiger partial charge in [0.1, 0.15) is 25.9 Å². The average molecular weight is 1320 g/mol. The van der Waals surface area contributed by atoms with E-state index in [1.807, 2.05) is 48.5 Å². The molecular formula is C64H73Cl5N10O10. The number of halogens is 5. The van der Waals surface area contributed by atoms with Crippen molar-refractivity contribution in [3.63, 3.8) is 0 Å². The van der Waals surface area contributed by atoms with Gasteiger partial charge in [0.15, 0.2) is 0 Å². The van der Waals surface area contributed by atoms with Crippen LogP contribution in [0.1, 0.15) is 45.2 Å². The predicted molar refractivity (Wildman–Crippen MR) is 348 cm³/mol. The van der Waals surface area contributed by atoms with Gasteiger partial charge in [0.05, 0.1) is 90.7 Å². The second-order valence-electron chi connectivity index (χ2n) is 20.9. The first-order chi connectivity index (χ1) is 42.9. The number of urea groups is 2. The van der Waals surface area contributed by atoms with Crippen LogP contribution in [0.2, 0.25) is 20.1 Å². The van der Waals surface area contributed by atoms with Crippen LogP contribution in [0.25, 0.3) is 22.5 Å². The zero-order valence-corrected chi connectivity index (χ0v) is 53.4. The number of carbonyl (C=O) groups excluding carboxylic acids is 2. The van der Waals surface area contributed by atoms with Crippen LogP contribution in [-0.2, 0) is 41.5 Å². The standard InChI is InChI=1S/C64H72Cl4N10O10.ClH/c1-77-37-53(51-31-47(65)33-57(67)55(51)39-77)43-5-3-7-45(29-43)59-35-61(73-41-71-59)87-27-25-85-23-21-83-19-17-81-15-13-69-63(79)75-49-9-11-50(12-10-49)76-64(80)70-14-16-82-18-20-84-22-24-86-26-28-88-62-36-60(72-42-74-62)46-8-4-6-44(30-46)54-38-78(2)40-56-52(54)32-48(66)34-58(56)68;/h3-12,29-36,41-42,53-54H,13-28,37-40H2,1-2H3,(H2,69,75,79)(H2,70,76,80);1H/t53-,54-;/m0./s1. The van der Waals surface area contributed by atoms with Gasteiger partial charge >= 0.3 is 12.1 Å². The van der Waals surface area contributed by atoms with E-state index in [9.17, 15) is 9.59 Å². The predicted octanol–water partition coefficient (Wildman–Crippen LogP) is 11.3. The number of nitrogens with one attached hydrogen (secondary N) is 4. The third kappa shape index (κ3) is 21.3. The van der Waals surface area contributed by atoms with Crippen molar-refractivity contribution in [1.29, 1.82) is 0 Å². The maximum atomic E-state index is 12.4. The number of hydrogen-bond donors (Lipinski definition) is 4. The Labute approximate surface area is 544 Å². The number of nitrogens with zero attached hydrogens (tertiary/aromatic N) is 6. The Morgan fingerprint density at radius 2 is 0.843 bits per heavy atom. The molecule has 474 valence electrons. The Bertz CT molecular complexity index is 3180. The first-order valence-corrected chi connectivity index (χ1v) is 30.5. The van der Waals surface area contributed by atoms with Crippen LogP contribution in [-0.4, -0.2) is 175 Å². The van der Waals surface area contributed by atoms with Crippen LogP contribution in [0.3, 0.4) is 0 Å². The van der Waals surface area contributed by atoms with Crippen molar-refractivity contribution in [1.82, 2.24) is 40.4 Å². The molecule has 0 aliphatic carbocycles. The highest BCUT2D eigenvalue weighted by atomic mass is 35.5. The van der Waals surface area contributed by atoms with Gasteiger partial charge in [0.2, 0.25) is 11.8 Å². The van der Waals surface area contributed by atoms with E-state index >= 15 is 0 Å². The molecule has 0 fully saturated rings. The van der Waals surface area contributed by atoms with Crippen molar-refractivity contribution in [3.05, 3.63) is 175 Å². The van der Waals surface area contributed by atoms with Crippen LogP contribution >= 0.6 is 58.8 Å². The molecule has 5 aromatic carbocycles. The van der Waals surface area contributed by atoms with Gasteiger partial charge in [0.25, 0.3) is 0 Å². The molecule has 0 saturated carbocycles. The molecule has 7 aromatic rings. The molecule has 4 amide bonds. The maximum absolute atomic E-state index is 12.4. The molecule has 2 aliphatic heterocycles. The molecule has 89 heavy (non-hydrogen) atoms. The summed E-state index contributed by atoms with van der Waals surface area (Å²) in [6, 6.07) is 33.9. The monoisotopic (exact) mass is 1320 g/mol. The molecule has 0 unspecified atom stereocenters. The van der Waals surface area contributed by atoms with E-state index in [1.165, 1.54) is 12.7 Å². The average Bonchev–Trinajstić information content (AvgIpc) is 2.09. The molecule has 2 aliphatic rings. The zero-order chi connectivity index (χ0) is 61.5. The van der Waals surface area contributed by atoms with Crippen LogP contribution in [0, 0.1) is 0 Å². The minimum Gasteiger partial charge on any atom is -0.475 e. The second kappa shape index (κ2) is 35.8. The number of aromatic nitrogens is 4. The highest BCUT2D eigenvalue weighted by Crippen LogP contribution is 2.41. The summed E-state index contributed by atoms with van der Waals surface area (Å²) in [6.45, 7) is 8.77. The Kier molecular flexibility index (Phi) is 27.5. The number of carbonyl (C=O) groups is 2. The van der Waals surface area contributed by atoms with Gasteiger partial charge in [-0.05, 0) is 108 Å². The van der Waals surface area contributed by atoms with E-state index in [-0.39, 0.29) is 36.3 Å². The quantitative estimate of drug-likeness (QED) is 0.0289. The Balaban J connectivity index is 0.0000102. The molecule has 4 heterocycles. The first-order valence-electron chi connectivity index (χ1n) is 29.0. The lowest BCUT2D eigenvalue weighted by Crippen LogP contribution is -2.32. The van der Waals surface area contributed by atoms with E-state index in [2.05, 4.69) is 89.4 Å². The fourth-order valence-electron chi connectivity index (χ4n) is 10.2. The van der Waals surface area contributed by atoms with Gasteiger partial charge in [-0.25, -0.2) is 29.5 Å². The molecule has 9 rings (SSSR count). The van der Waals surface area contributed by atoms with Gasteiger partial charge in [-0.2, -0.15) is 0 Å². The summed E-state index contributed by atoms with van der Waals surface area (Å²) in [5.41, 5.74) is 11.3. The van der Waals surface area contributed by atoms with E-state index in [0.717, 1.165) is 82.1 Å². The van der Waals surface area contributed by atoms with E-state index in [0.29, 0.717) is 149 Å². The highest BCUT2D eigenvalue weighted by Gasteiger charge is 2.29. The number of anilines is 2. The molecule has 4 N–H and O–H groups in total. The van der Waals surface area contributed by atoms with Crippen LogP contribution in [0.4, 0.5) is 21.0 Å². The SMILES string of the molecule is CN1Cc2c(Cl)cc(Cl)cc2[C@H](c2cccc(-c3cc(OCCOCCOCCOCCNC(=O)Nc4ccc(NC(=O)NCCOCCOCCOCCOc5cc(-c6cccc([C@@H]7CN(C)Cc8c(Cl)cc(Cl)cc87)c6)ncn5)cc4)ncn3)c2)C1.Cl. The first kappa shape index (κ1) is 68.4. The third-order valence-corrected chi connectivity index (χ3v) is 15.5. The highest BCUT2D eigenvalue weighted by molar-refractivity contribution is 6.35. The lowest BCUT2D eigenvalue weighted by atomic mass is 9.84. The van der Waals surface area contributed by atoms with E-state index in [4.69, 9.17) is 84.3 Å². The van der Waals surface area contributed by atoms with Crippen molar-refractivity contribution in [2.45, 2.75) is 24.9 Å². The molecular weight excluding hydrogens is 1250 g/mol. The lowest BCUT2D eigenvalue weighted by molar-refractivity contribution is 0.00985. The molecule has 20 nitrogen and oxygen atoms in total. The van der Waals surface area contributed by atoms with E-state index in [1.54, 1.807) is 36.4 Å². The topological polar surface area (TPSA) is 214 Å². The van der Waals surface area contributed by atoms with Crippen molar-refractivity contribution in [2.24, 2.45) is 0 Å². The van der Waals surface area contributed by atoms with Crippen LogP contribution < -0.4 is 30.7 Å². The Morgan fingerprint density at radius 1 is 0.472 bits per heavy atom. The number of benzene rings is 5. The van der Waals surface area contributed by atoms with Gasteiger partial charge < -0.3 is 69.0 Å². The van der Waals surface area contributed by atoms with E-state index < -0.39 is 0 Å². The van der Waals surface area contributed by atoms with Crippen molar-refractivity contribution < 1.29 is 47.5 Å². The summed E-state index contributed by atoms with van der Waals surface area (Å²) in [4.78, 5) is 47.0. The molecule has 0 bridgehead atoms. The summed E-state index contributed by atoms with van der Waals surface area (Å²) in [5, 5.41) is 13.6. The fourth-order valence-corrected chi connectivity index (χ4v) is 11.3. The molecule has 2 aromatic heterocycles. The van der Waals surface area contributed by atoms with Crippen molar-refractivity contribution >= 4 is 82.2 Å². The normalized spacial score (nSPS) is 14.7. The largest absolute Gasteiger partial charge is 0.475 e.